The number of thioether (sulfide) groups is 1. The third-order valence-corrected chi connectivity index (χ3v) is 8.43. The van der Waals surface area contributed by atoms with Crippen LogP contribution >= 0.6 is 11.8 Å². The van der Waals surface area contributed by atoms with Crippen LogP contribution in [0.1, 0.15) is 40.4 Å². The Morgan fingerprint density at radius 2 is 1.69 bits per heavy atom. The summed E-state index contributed by atoms with van der Waals surface area (Å²) in [4.78, 5) is 14.1. The van der Waals surface area contributed by atoms with Crippen LogP contribution in [0.4, 0.5) is 5.69 Å². The van der Waals surface area contributed by atoms with E-state index in [9.17, 15) is 13.2 Å². The van der Waals surface area contributed by atoms with Gasteiger partial charge in [0.05, 0.1) is 16.6 Å². The summed E-state index contributed by atoms with van der Waals surface area (Å²) in [5, 5.41) is 3.13. The number of sulfonamides is 1. The third kappa shape index (κ3) is 4.54. The van der Waals surface area contributed by atoms with E-state index in [1.54, 1.807) is 60.3 Å². The largest absolute Gasteiger partial charge is 0.345 e. The van der Waals surface area contributed by atoms with E-state index in [1.165, 1.54) is 22.5 Å². The van der Waals surface area contributed by atoms with E-state index in [2.05, 4.69) is 17.4 Å². The highest BCUT2D eigenvalue weighted by Crippen LogP contribution is 2.30. The number of benzene rings is 3. The zero-order chi connectivity index (χ0) is 22.7. The first-order valence-electron chi connectivity index (χ1n) is 10.5. The molecule has 7 heteroatoms. The standard InChI is InChI=1S/C25H26N2O3S2/c1-27(32(29,30)22-16-14-21(31-2)15-17-22)20-12-10-19(11-13-20)25(28)26-24-9-5-7-18-6-3-4-8-23(18)24/h3-4,6,8,10-17,24H,5,7,9H2,1-2H3,(H,26,28)/t24-/m1/s1. The van der Waals surface area contributed by atoms with Gasteiger partial charge in [0.25, 0.3) is 15.9 Å². The summed E-state index contributed by atoms with van der Waals surface area (Å²) < 4.78 is 27.2. The Hall–Kier alpha value is -2.77. The van der Waals surface area contributed by atoms with Gasteiger partial charge in [-0.1, -0.05) is 24.3 Å². The van der Waals surface area contributed by atoms with Gasteiger partial charge in [0.15, 0.2) is 0 Å². The summed E-state index contributed by atoms with van der Waals surface area (Å²) in [6.45, 7) is 0. The van der Waals surface area contributed by atoms with Gasteiger partial charge in [-0.25, -0.2) is 8.42 Å². The fourth-order valence-corrected chi connectivity index (χ4v) is 5.62. The molecule has 1 amide bonds. The Morgan fingerprint density at radius 3 is 2.38 bits per heavy atom. The third-order valence-electron chi connectivity index (χ3n) is 5.89. The lowest BCUT2D eigenvalue weighted by atomic mass is 9.87. The number of nitrogens with zero attached hydrogens (tertiary/aromatic N) is 1. The predicted octanol–water partition coefficient (Wildman–Crippen LogP) is 5.04. The second-order valence-corrected chi connectivity index (χ2v) is 10.7. The first-order valence-corrected chi connectivity index (χ1v) is 13.2. The number of hydrogen-bond acceptors (Lipinski definition) is 4. The minimum Gasteiger partial charge on any atom is -0.345 e. The molecular weight excluding hydrogens is 440 g/mol. The molecule has 1 N–H and O–H groups in total. The lowest BCUT2D eigenvalue weighted by Gasteiger charge is -2.26. The first-order chi connectivity index (χ1) is 15.4. The van der Waals surface area contributed by atoms with E-state index in [-0.39, 0.29) is 16.8 Å². The van der Waals surface area contributed by atoms with Crippen molar-refractivity contribution in [2.75, 3.05) is 17.6 Å². The maximum atomic E-state index is 13.0. The molecule has 1 atom stereocenters. The topological polar surface area (TPSA) is 66.5 Å². The van der Waals surface area contributed by atoms with Crippen molar-refractivity contribution in [3.8, 4) is 0 Å². The van der Waals surface area contributed by atoms with Gasteiger partial charge in [0.1, 0.15) is 0 Å². The Bertz CT molecular complexity index is 1210. The van der Waals surface area contributed by atoms with E-state index >= 15 is 0 Å². The Balaban J connectivity index is 1.48. The first kappa shape index (κ1) is 22.4. The summed E-state index contributed by atoms with van der Waals surface area (Å²) in [5.74, 6) is -0.156. The van der Waals surface area contributed by atoms with Gasteiger partial charge in [-0.2, -0.15) is 0 Å². The van der Waals surface area contributed by atoms with Crippen LogP contribution < -0.4 is 9.62 Å². The molecule has 3 aromatic carbocycles. The highest BCUT2D eigenvalue weighted by molar-refractivity contribution is 7.98. The smallest absolute Gasteiger partial charge is 0.264 e. The zero-order valence-corrected chi connectivity index (χ0v) is 19.7. The average Bonchev–Trinajstić information content (AvgIpc) is 2.84. The molecule has 32 heavy (non-hydrogen) atoms. The van der Waals surface area contributed by atoms with Gasteiger partial charge in [-0.15, -0.1) is 11.8 Å². The van der Waals surface area contributed by atoms with Crippen molar-refractivity contribution in [3.05, 3.63) is 89.5 Å². The summed E-state index contributed by atoms with van der Waals surface area (Å²) in [6.07, 6.45) is 4.94. The lowest BCUT2D eigenvalue weighted by molar-refractivity contribution is 0.0932. The summed E-state index contributed by atoms with van der Waals surface area (Å²) in [5.41, 5.74) is 3.48. The monoisotopic (exact) mass is 466 g/mol. The number of carbonyl (C=O) groups excluding carboxylic acids is 1. The lowest BCUT2D eigenvalue weighted by Crippen LogP contribution is -2.31. The van der Waals surface area contributed by atoms with Crippen molar-refractivity contribution in [1.82, 2.24) is 5.32 Å². The second-order valence-electron chi connectivity index (χ2n) is 7.81. The van der Waals surface area contributed by atoms with Crippen LogP contribution in [0.2, 0.25) is 0 Å². The average molecular weight is 467 g/mol. The molecule has 1 aliphatic carbocycles. The Labute approximate surface area is 193 Å². The molecule has 5 nitrogen and oxygen atoms in total. The Kier molecular flexibility index (Phi) is 6.58. The summed E-state index contributed by atoms with van der Waals surface area (Å²) in [6, 6.07) is 21.7. The van der Waals surface area contributed by atoms with Crippen LogP contribution in [0.3, 0.4) is 0 Å². The van der Waals surface area contributed by atoms with Crippen molar-refractivity contribution in [2.24, 2.45) is 0 Å². The highest BCUT2D eigenvalue weighted by atomic mass is 32.2. The molecule has 0 saturated heterocycles. The molecule has 0 saturated carbocycles. The van der Waals surface area contributed by atoms with Crippen molar-refractivity contribution in [3.63, 3.8) is 0 Å². The van der Waals surface area contributed by atoms with Crippen LogP contribution in [0.25, 0.3) is 0 Å². The molecule has 0 aliphatic heterocycles. The molecule has 3 aromatic rings. The van der Waals surface area contributed by atoms with Gasteiger partial charge in [-0.05, 0) is 85.2 Å². The van der Waals surface area contributed by atoms with Crippen molar-refractivity contribution in [2.45, 2.75) is 35.1 Å². The van der Waals surface area contributed by atoms with Gasteiger partial charge in [0.2, 0.25) is 0 Å². The summed E-state index contributed by atoms with van der Waals surface area (Å²) in [7, 11) is -2.16. The number of aryl methyl sites for hydroxylation is 1. The number of rotatable bonds is 6. The Morgan fingerprint density at radius 1 is 1.00 bits per heavy atom. The van der Waals surface area contributed by atoms with E-state index in [0.717, 1.165) is 24.2 Å². The van der Waals surface area contributed by atoms with Crippen LogP contribution in [0.15, 0.2) is 82.6 Å². The van der Waals surface area contributed by atoms with Crippen LogP contribution in [-0.2, 0) is 16.4 Å². The molecule has 0 spiro atoms. The van der Waals surface area contributed by atoms with Crippen LogP contribution in [-0.4, -0.2) is 27.6 Å². The molecule has 1 aliphatic rings. The maximum absolute atomic E-state index is 13.0. The van der Waals surface area contributed by atoms with Gasteiger partial charge in [0, 0.05) is 17.5 Å². The second kappa shape index (κ2) is 9.38. The molecule has 0 bridgehead atoms. The molecule has 4 rings (SSSR count). The number of carbonyl (C=O) groups is 1. The van der Waals surface area contributed by atoms with Gasteiger partial charge in [-0.3, -0.25) is 9.10 Å². The van der Waals surface area contributed by atoms with Gasteiger partial charge < -0.3 is 5.32 Å². The molecular formula is C25H26N2O3S2. The molecule has 0 heterocycles. The molecule has 166 valence electrons. The quantitative estimate of drug-likeness (QED) is 0.517. The summed E-state index contributed by atoms with van der Waals surface area (Å²) >= 11 is 1.56. The normalized spacial score (nSPS) is 15.6. The van der Waals surface area contributed by atoms with E-state index in [4.69, 9.17) is 0 Å². The van der Waals surface area contributed by atoms with Crippen LogP contribution in [0, 0.1) is 0 Å². The van der Waals surface area contributed by atoms with Crippen molar-refractivity contribution < 1.29 is 13.2 Å². The van der Waals surface area contributed by atoms with Crippen molar-refractivity contribution in [1.29, 1.82) is 0 Å². The number of amides is 1. The SMILES string of the molecule is CSc1ccc(S(=O)(=O)N(C)c2ccc(C(=O)N[C@@H]3CCCc4ccccc43)cc2)cc1. The maximum Gasteiger partial charge on any atom is 0.264 e. The van der Waals surface area contributed by atoms with E-state index < -0.39 is 10.0 Å². The zero-order valence-electron chi connectivity index (χ0n) is 18.1. The minimum absolute atomic E-state index is 0.000524. The molecule has 0 aromatic heterocycles. The van der Waals surface area contributed by atoms with Crippen molar-refractivity contribution >= 4 is 33.4 Å². The fourth-order valence-electron chi connectivity index (χ4n) is 4.01. The minimum atomic E-state index is -3.68. The fraction of sp³-hybridized carbons (Fsp3) is 0.240. The molecule has 0 fully saturated rings. The predicted molar refractivity (Wildman–Crippen MR) is 130 cm³/mol. The number of fused-ring (bicyclic) bond motifs is 1. The van der Waals surface area contributed by atoms with E-state index in [0.29, 0.717) is 11.3 Å². The van der Waals surface area contributed by atoms with Crippen LogP contribution in [0.5, 0.6) is 0 Å². The number of nitrogens with one attached hydrogen (secondary N) is 1. The number of anilines is 1. The highest BCUT2D eigenvalue weighted by Gasteiger charge is 2.23. The molecule has 0 radical (unpaired) electrons. The molecule has 0 unspecified atom stereocenters. The van der Waals surface area contributed by atoms with E-state index in [1.807, 2.05) is 18.4 Å². The number of hydrogen-bond donors (Lipinski definition) is 1. The van der Waals surface area contributed by atoms with Gasteiger partial charge >= 0.3 is 0 Å².